The second kappa shape index (κ2) is 4.95. The summed E-state index contributed by atoms with van der Waals surface area (Å²) in [5.74, 6) is 0. The van der Waals surface area contributed by atoms with Crippen molar-refractivity contribution in [3.8, 4) is 0 Å². The summed E-state index contributed by atoms with van der Waals surface area (Å²) in [4.78, 5) is 0. The highest BCUT2D eigenvalue weighted by atomic mass is 32.1. The molecule has 3 aromatic rings. The summed E-state index contributed by atoms with van der Waals surface area (Å²) in [5.41, 5.74) is 4.24. The molecule has 18 heavy (non-hydrogen) atoms. The fourth-order valence-corrected chi connectivity index (χ4v) is 3.22. The number of aryl methyl sites for hydroxylation is 1. The molecule has 0 radical (unpaired) electrons. The molecular weight excluding hydrogens is 236 g/mol. The minimum absolute atomic E-state index is 1.03. The Kier molecular flexibility index (Phi) is 3.16. The maximum Gasteiger partial charge on any atom is 0.0378 e. The van der Waals surface area contributed by atoms with Crippen LogP contribution in [0.25, 0.3) is 10.1 Å². The SMILES string of the molecule is CCc1ccc(Cc2cccc3ccsc23)cc1. The molecule has 0 aliphatic carbocycles. The van der Waals surface area contributed by atoms with Gasteiger partial charge in [0, 0.05) is 4.70 Å². The largest absolute Gasteiger partial charge is 0.144 e. The Hall–Kier alpha value is -1.60. The lowest BCUT2D eigenvalue weighted by atomic mass is 10.0. The topological polar surface area (TPSA) is 0 Å². The van der Waals surface area contributed by atoms with Crippen molar-refractivity contribution in [3.63, 3.8) is 0 Å². The Morgan fingerprint density at radius 3 is 2.44 bits per heavy atom. The number of fused-ring (bicyclic) bond motifs is 1. The van der Waals surface area contributed by atoms with Crippen LogP contribution >= 0.6 is 11.3 Å². The first-order chi connectivity index (χ1) is 8.86. The van der Waals surface area contributed by atoms with Gasteiger partial charge in [-0.3, -0.25) is 0 Å². The molecule has 0 N–H and O–H groups in total. The van der Waals surface area contributed by atoms with Crippen LogP contribution in [0.15, 0.2) is 53.9 Å². The molecule has 1 aromatic heterocycles. The maximum absolute atomic E-state index is 2.26. The first-order valence-electron chi connectivity index (χ1n) is 6.39. The van der Waals surface area contributed by atoms with Crippen LogP contribution in [0.3, 0.4) is 0 Å². The van der Waals surface area contributed by atoms with Crippen LogP contribution in [-0.4, -0.2) is 0 Å². The summed E-state index contributed by atoms with van der Waals surface area (Å²) < 4.78 is 1.43. The van der Waals surface area contributed by atoms with E-state index in [-0.39, 0.29) is 0 Å². The lowest BCUT2D eigenvalue weighted by Gasteiger charge is -2.05. The second-order valence-electron chi connectivity index (χ2n) is 4.60. The minimum atomic E-state index is 1.03. The van der Waals surface area contributed by atoms with Crippen LogP contribution in [0, 0.1) is 0 Å². The normalized spacial score (nSPS) is 10.9. The number of benzene rings is 2. The van der Waals surface area contributed by atoms with Crippen molar-refractivity contribution >= 4 is 21.4 Å². The van der Waals surface area contributed by atoms with E-state index < -0.39 is 0 Å². The van der Waals surface area contributed by atoms with E-state index in [0.29, 0.717) is 0 Å². The van der Waals surface area contributed by atoms with Crippen molar-refractivity contribution < 1.29 is 0 Å². The first-order valence-corrected chi connectivity index (χ1v) is 7.27. The standard InChI is InChI=1S/C17H16S/c1-2-13-6-8-14(9-7-13)12-16-5-3-4-15-10-11-18-17(15)16/h3-11H,2,12H2,1H3. The molecular formula is C17H16S. The van der Waals surface area contributed by atoms with E-state index in [2.05, 4.69) is 60.8 Å². The van der Waals surface area contributed by atoms with Crippen LogP contribution in [0.4, 0.5) is 0 Å². The van der Waals surface area contributed by atoms with Gasteiger partial charge in [0.15, 0.2) is 0 Å². The van der Waals surface area contributed by atoms with Gasteiger partial charge < -0.3 is 0 Å². The molecule has 90 valence electrons. The molecule has 0 amide bonds. The maximum atomic E-state index is 2.26. The van der Waals surface area contributed by atoms with Gasteiger partial charge in [0.25, 0.3) is 0 Å². The van der Waals surface area contributed by atoms with Crippen LogP contribution in [0.2, 0.25) is 0 Å². The lowest BCUT2D eigenvalue weighted by Crippen LogP contribution is -1.89. The lowest BCUT2D eigenvalue weighted by molar-refractivity contribution is 1.12. The van der Waals surface area contributed by atoms with E-state index in [1.807, 2.05) is 11.3 Å². The van der Waals surface area contributed by atoms with Gasteiger partial charge in [0.2, 0.25) is 0 Å². The summed E-state index contributed by atoms with van der Waals surface area (Å²) in [6.07, 6.45) is 2.14. The van der Waals surface area contributed by atoms with Crippen molar-refractivity contribution in [2.24, 2.45) is 0 Å². The van der Waals surface area contributed by atoms with Gasteiger partial charge in [-0.25, -0.2) is 0 Å². The molecule has 1 heteroatoms. The van der Waals surface area contributed by atoms with E-state index in [4.69, 9.17) is 0 Å². The molecule has 3 rings (SSSR count). The van der Waals surface area contributed by atoms with Gasteiger partial charge in [0.05, 0.1) is 0 Å². The fraction of sp³-hybridized carbons (Fsp3) is 0.176. The van der Waals surface area contributed by atoms with Crippen LogP contribution in [-0.2, 0) is 12.8 Å². The van der Waals surface area contributed by atoms with E-state index in [9.17, 15) is 0 Å². The van der Waals surface area contributed by atoms with E-state index >= 15 is 0 Å². The van der Waals surface area contributed by atoms with Crippen molar-refractivity contribution in [1.82, 2.24) is 0 Å². The Bertz CT molecular complexity index is 647. The molecule has 1 heterocycles. The van der Waals surface area contributed by atoms with Crippen molar-refractivity contribution in [1.29, 1.82) is 0 Å². The molecule has 0 spiro atoms. The predicted molar refractivity (Wildman–Crippen MR) is 80.5 cm³/mol. The zero-order chi connectivity index (χ0) is 12.4. The van der Waals surface area contributed by atoms with Gasteiger partial charge >= 0.3 is 0 Å². The van der Waals surface area contributed by atoms with E-state index in [1.54, 1.807) is 0 Å². The molecule has 0 saturated carbocycles. The molecule has 0 aliphatic rings. The van der Waals surface area contributed by atoms with Crippen molar-refractivity contribution in [2.75, 3.05) is 0 Å². The van der Waals surface area contributed by atoms with Crippen molar-refractivity contribution in [3.05, 3.63) is 70.6 Å². The Balaban J connectivity index is 1.93. The van der Waals surface area contributed by atoms with Gasteiger partial charge in [-0.2, -0.15) is 0 Å². The third-order valence-electron chi connectivity index (χ3n) is 3.39. The summed E-state index contributed by atoms with van der Waals surface area (Å²) in [7, 11) is 0. The summed E-state index contributed by atoms with van der Waals surface area (Å²) in [6, 6.07) is 17.8. The van der Waals surface area contributed by atoms with Gasteiger partial charge in [-0.05, 0) is 46.4 Å². The first kappa shape index (κ1) is 11.5. The van der Waals surface area contributed by atoms with Crippen LogP contribution in [0.5, 0.6) is 0 Å². The van der Waals surface area contributed by atoms with Gasteiger partial charge in [-0.15, -0.1) is 11.3 Å². The molecule has 0 nitrogen and oxygen atoms in total. The van der Waals surface area contributed by atoms with E-state index in [0.717, 1.165) is 12.8 Å². The van der Waals surface area contributed by atoms with E-state index in [1.165, 1.54) is 26.8 Å². The van der Waals surface area contributed by atoms with Crippen LogP contribution in [0.1, 0.15) is 23.6 Å². The molecule has 2 aromatic carbocycles. The number of rotatable bonds is 3. The average Bonchev–Trinajstić information content (AvgIpc) is 2.89. The summed E-state index contributed by atoms with van der Waals surface area (Å²) in [6.45, 7) is 2.20. The zero-order valence-corrected chi connectivity index (χ0v) is 11.3. The molecule has 0 bridgehead atoms. The number of hydrogen-bond acceptors (Lipinski definition) is 1. The third-order valence-corrected chi connectivity index (χ3v) is 4.39. The Morgan fingerprint density at radius 1 is 0.889 bits per heavy atom. The fourth-order valence-electron chi connectivity index (χ4n) is 2.31. The Morgan fingerprint density at radius 2 is 1.67 bits per heavy atom. The monoisotopic (exact) mass is 252 g/mol. The second-order valence-corrected chi connectivity index (χ2v) is 5.52. The predicted octanol–water partition coefficient (Wildman–Crippen LogP) is 5.05. The molecule has 0 unspecified atom stereocenters. The smallest absolute Gasteiger partial charge is 0.0378 e. The highest BCUT2D eigenvalue weighted by Crippen LogP contribution is 2.26. The van der Waals surface area contributed by atoms with Gasteiger partial charge in [-0.1, -0.05) is 49.4 Å². The average molecular weight is 252 g/mol. The highest BCUT2D eigenvalue weighted by molar-refractivity contribution is 7.17. The molecule has 0 fully saturated rings. The highest BCUT2D eigenvalue weighted by Gasteiger charge is 2.03. The van der Waals surface area contributed by atoms with Crippen LogP contribution < -0.4 is 0 Å². The number of thiophene rings is 1. The number of hydrogen-bond donors (Lipinski definition) is 0. The molecule has 0 aliphatic heterocycles. The Labute approximate surface area is 112 Å². The third kappa shape index (κ3) is 2.19. The zero-order valence-electron chi connectivity index (χ0n) is 10.5. The molecule has 0 saturated heterocycles. The van der Waals surface area contributed by atoms with Gasteiger partial charge in [0.1, 0.15) is 0 Å². The molecule has 0 atom stereocenters. The summed E-state index contributed by atoms with van der Waals surface area (Å²) >= 11 is 1.84. The quantitative estimate of drug-likeness (QED) is 0.611. The summed E-state index contributed by atoms with van der Waals surface area (Å²) in [5, 5.41) is 3.54. The van der Waals surface area contributed by atoms with Crippen molar-refractivity contribution in [2.45, 2.75) is 19.8 Å². The minimum Gasteiger partial charge on any atom is -0.144 e.